The minimum Gasteiger partial charge on any atom is -0.449 e. The van der Waals surface area contributed by atoms with E-state index in [1.807, 2.05) is 18.2 Å². The Morgan fingerprint density at radius 3 is 2.66 bits per heavy atom. The van der Waals surface area contributed by atoms with Crippen molar-refractivity contribution in [1.82, 2.24) is 9.66 Å². The third-order valence-corrected chi connectivity index (χ3v) is 5.53. The molecule has 1 aromatic carbocycles. The van der Waals surface area contributed by atoms with Gasteiger partial charge in [0.15, 0.2) is 5.49 Å². The molecular formula is C23H27N5O4. The highest BCUT2D eigenvalue weighted by molar-refractivity contribution is 5.76. The molecular weight excluding hydrogens is 410 g/mol. The van der Waals surface area contributed by atoms with Crippen LogP contribution in [0.4, 0.5) is 15.4 Å². The van der Waals surface area contributed by atoms with Gasteiger partial charge in [-0.2, -0.15) is 4.99 Å². The van der Waals surface area contributed by atoms with Crippen molar-refractivity contribution in [3.05, 3.63) is 64.5 Å². The smallest absolute Gasteiger partial charge is 0.435 e. The second-order valence-electron chi connectivity index (χ2n) is 7.52. The monoisotopic (exact) mass is 437 g/mol. The van der Waals surface area contributed by atoms with Crippen LogP contribution in [0.2, 0.25) is 0 Å². The molecule has 9 nitrogen and oxygen atoms in total. The van der Waals surface area contributed by atoms with Crippen molar-refractivity contribution in [2.75, 3.05) is 24.0 Å². The van der Waals surface area contributed by atoms with Gasteiger partial charge in [-0.15, -0.1) is 0 Å². The molecule has 1 atom stereocenters. The molecule has 2 amide bonds. The van der Waals surface area contributed by atoms with Crippen LogP contribution in [-0.4, -0.2) is 35.1 Å². The Balaban J connectivity index is 1.94. The fourth-order valence-electron chi connectivity index (χ4n) is 4.26. The SMILES string of the molecule is CCOC(=O)N=c1c2c(ncn1NC(=O)OCC)NC1=C(CCCC1)C2c1ccccc1. The Labute approximate surface area is 186 Å². The minimum absolute atomic E-state index is 0.153. The normalized spacial score (nSPS) is 17.7. The summed E-state index contributed by atoms with van der Waals surface area (Å²) in [6.07, 6.45) is 4.08. The van der Waals surface area contributed by atoms with Crippen molar-refractivity contribution in [3.63, 3.8) is 0 Å². The first-order chi connectivity index (χ1) is 15.6. The molecule has 1 aliphatic heterocycles. The summed E-state index contributed by atoms with van der Waals surface area (Å²) in [7, 11) is 0. The largest absolute Gasteiger partial charge is 0.449 e. The van der Waals surface area contributed by atoms with Crippen LogP contribution < -0.4 is 16.2 Å². The topological polar surface area (TPSA) is 107 Å². The number of nitrogens with zero attached hydrogens (tertiary/aromatic N) is 3. The molecule has 32 heavy (non-hydrogen) atoms. The number of hydrogen-bond acceptors (Lipinski definition) is 6. The summed E-state index contributed by atoms with van der Waals surface area (Å²) in [5.74, 6) is 0.462. The lowest BCUT2D eigenvalue weighted by Crippen LogP contribution is -2.40. The van der Waals surface area contributed by atoms with Gasteiger partial charge in [-0.25, -0.2) is 24.7 Å². The van der Waals surface area contributed by atoms with Gasteiger partial charge in [0, 0.05) is 11.6 Å². The minimum atomic E-state index is -0.740. The summed E-state index contributed by atoms with van der Waals surface area (Å²) >= 11 is 0. The molecule has 2 aliphatic rings. The summed E-state index contributed by atoms with van der Waals surface area (Å²) < 4.78 is 11.4. The Morgan fingerprint density at radius 1 is 1.16 bits per heavy atom. The first-order valence-corrected chi connectivity index (χ1v) is 10.9. The number of allylic oxidation sites excluding steroid dienone is 2. The maximum Gasteiger partial charge on any atom is 0.435 e. The van der Waals surface area contributed by atoms with E-state index in [4.69, 9.17) is 9.47 Å². The van der Waals surface area contributed by atoms with Gasteiger partial charge in [0.05, 0.1) is 18.8 Å². The molecule has 168 valence electrons. The van der Waals surface area contributed by atoms with Crippen LogP contribution in [0.1, 0.15) is 56.6 Å². The van der Waals surface area contributed by atoms with Crippen LogP contribution in [0.3, 0.4) is 0 Å². The van der Waals surface area contributed by atoms with E-state index >= 15 is 0 Å². The number of amides is 2. The van der Waals surface area contributed by atoms with Crippen molar-refractivity contribution in [2.24, 2.45) is 4.99 Å². The zero-order chi connectivity index (χ0) is 22.5. The second kappa shape index (κ2) is 9.67. The molecule has 4 rings (SSSR count). The van der Waals surface area contributed by atoms with E-state index < -0.39 is 12.2 Å². The highest BCUT2D eigenvalue weighted by Crippen LogP contribution is 2.44. The highest BCUT2D eigenvalue weighted by Gasteiger charge is 2.33. The molecule has 2 aromatic rings. The van der Waals surface area contributed by atoms with Gasteiger partial charge in [-0.1, -0.05) is 30.3 Å². The van der Waals surface area contributed by atoms with Crippen LogP contribution in [0.15, 0.2) is 52.9 Å². The average molecular weight is 438 g/mol. The molecule has 0 saturated carbocycles. The number of anilines is 1. The zero-order valence-corrected chi connectivity index (χ0v) is 18.3. The molecule has 1 aliphatic carbocycles. The van der Waals surface area contributed by atoms with Crippen molar-refractivity contribution in [2.45, 2.75) is 45.4 Å². The first-order valence-electron chi connectivity index (χ1n) is 10.9. The number of rotatable bonds is 4. The van der Waals surface area contributed by atoms with Crippen molar-refractivity contribution in [3.8, 4) is 0 Å². The number of carbonyl (C=O) groups excluding carboxylic acids is 2. The molecule has 2 heterocycles. The van der Waals surface area contributed by atoms with E-state index in [1.54, 1.807) is 13.8 Å². The number of nitrogens with one attached hydrogen (secondary N) is 2. The number of aromatic nitrogens is 2. The quantitative estimate of drug-likeness (QED) is 0.748. The zero-order valence-electron chi connectivity index (χ0n) is 18.3. The summed E-state index contributed by atoms with van der Waals surface area (Å²) in [6, 6.07) is 10.1. The first kappa shape index (κ1) is 21.6. The van der Waals surface area contributed by atoms with Crippen LogP contribution in [0, 0.1) is 0 Å². The van der Waals surface area contributed by atoms with Gasteiger partial charge in [0.25, 0.3) is 0 Å². The molecule has 0 spiro atoms. The highest BCUT2D eigenvalue weighted by atomic mass is 16.6. The van der Waals surface area contributed by atoms with Crippen LogP contribution in [0.5, 0.6) is 0 Å². The fraction of sp³-hybridized carbons (Fsp3) is 0.391. The lowest BCUT2D eigenvalue weighted by atomic mass is 9.77. The van der Waals surface area contributed by atoms with Gasteiger partial charge in [-0.3, -0.25) is 0 Å². The van der Waals surface area contributed by atoms with Gasteiger partial charge >= 0.3 is 12.2 Å². The number of carbonyl (C=O) groups is 2. The van der Waals surface area contributed by atoms with E-state index in [0.29, 0.717) is 11.4 Å². The predicted molar refractivity (Wildman–Crippen MR) is 119 cm³/mol. The van der Waals surface area contributed by atoms with Crippen LogP contribution in [0.25, 0.3) is 0 Å². The maximum absolute atomic E-state index is 12.4. The number of fused-ring (bicyclic) bond motifs is 1. The summed E-state index contributed by atoms with van der Waals surface area (Å²) in [5, 5.41) is 3.45. The third kappa shape index (κ3) is 4.37. The Hall–Kier alpha value is -3.62. The van der Waals surface area contributed by atoms with Gasteiger partial charge in [-0.05, 0) is 50.7 Å². The molecule has 0 fully saturated rings. The number of hydrogen-bond donors (Lipinski definition) is 2. The van der Waals surface area contributed by atoms with Crippen LogP contribution >= 0.6 is 0 Å². The second-order valence-corrected chi connectivity index (χ2v) is 7.52. The fourth-order valence-corrected chi connectivity index (χ4v) is 4.26. The van der Waals surface area contributed by atoms with E-state index in [1.165, 1.54) is 22.3 Å². The maximum atomic E-state index is 12.4. The molecule has 0 radical (unpaired) electrons. The predicted octanol–water partition coefficient (Wildman–Crippen LogP) is 4.03. The average Bonchev–Trinajstić information content (AvgIpc) is 2.80. The summed E-state index contributed by atoms with van der Waals surface area (Å²) in [6.45, 7) is 3.83. The number of ether oxygens (including phenoxy) is 2. The number of benzene rings is 1. The van der Waals surface area contributed by atoms with E-state index in [-0.39, 0.29) is 24.6 Å². The van der Waals surface area contributed by atoms with Crippen molar-refractivity contribution < 1.29 is 19.1 Å². The van der Waals surface area contributed by atoms with Gasteiger partial charge < -0.3 is 14.8 Å². The molecule has 1 unspecified atom stereocenters. The standard InChI is InChI=1S/C23H27N5O4/c1-3-31-22(29)26-21-19-18(15-10-6-5-7-11-15)16-12-8-9-13-17(16)25-20(19)24-14-28(21)27-23(30)32-4-2/h5-7,10-11,14,18,25H,3-4,8-9,12-13H2,1-2H3,(H,27,30). The molecule has 9 heteroatoms. The lowest BCUT2D eigenvalue weighted by molar-refractivity contribution is 0.160. The van der Waals surface area contributed by atoms with Gasteiger partial charge in [0.1, 0.15) is 12.1 Å². The Kier molecular flexibility index (Phi) is 6.53. The Bertz CT molecular complexity index is 1110. The summed E-state index contributed by atoms with van der Waals surface area (Å²) in [4.78, 5) is 33.3. The van der Waals surface area contributed by atoms with Crippen molar-refractivity contribution >= 4 is 18.0 Å². The van der Waals surface area contributed by atoms with Gasteiger partial charge in [0.2, 0.25) is 0 Å². The van der Waals surface area contributed by atoms with Crippen LogP contribution in [-0.2, 0) is 9.47 Å². The molecule has 2 N–H and O–H groups in total. The molecule has 0 bridgehead atoms. The summed E-state index contributed by atoms with van der Waals surface area (Å²) in [5.41, 5.74) is 7.06. The lowest BCUT2D eigenvalue weighted by Gasteiger charge is -2.34. The van der Waals surface area contributed by atoms with E-state index in [9.17, 15) is 9.59 Å². The third-order valence-electron chi connectivity index (χ3n) is 5.53. The van der Waals surface area contributed by atoms with Crippen molar-refractivity contribution in [1.29, 1.82) is 0 Å². The van der Waals surface area contributed by atoms with E-state index in [0.717, 1.165) is 31.2 Å². The molecule has 0 saturated heterocycles. The molecule has 1 aromatic heterocycles. The van der Waals surface area contributed by atoms with E-state index in [2.05, 4.69) is 32.9 Å². The Morgan fingerprint density at radius 2 is 1.91 bits per heavy atom.